The van der Waals surface area contributed by atoms with Gasteiger partial charge in [-0.15, -0.1) is 0 Å². The van der Waals surface area contributed by atoms with Crippen LogP contribution in [0, 0.1) is 19.7 Å². The lowest BCUT2D eigenvalue weighted by Crippen LogP contribution is -2.03. The third-order valence-corrected chi connectivity index (χ3v) is 3.47. The van der Waals surface area contributed by atoms with Crippen molar-refractivity contribution in [3.8, 4) is 16.9 Å². The molecule has 1 aromatic heterocycles. The van der Waals surface area contributed by atoms with Gasteiger partial charge in [0.1, 0.15) is 11.6 Å². The quantitative estimate of drug-likeness (QED) is 0.774. The molecule has 21 heavy (non-hydrogen) atoms. The number of rotatable bonds is 2. The van der Waals surface area contributed by atoms with Crippen molar-refractivity contribution in [2.24, 2.45) is 0 Å². The molecule has 0 atom stereocenters. The molecule has 0 saturated heterocycles. The number of nitrogen functional groups attached to an aromatic ring is 1. The van der Waals surface area contributed by atoms with Gasteiger partial charge in [-0.2, -0.15) is 5.10 Å². The van der Waals surface area contributed by atoms with Gasteiger partial charge in [-0.25, -0.2) is 9.07 Å². The zero-order valence-electron chi connectivity index (χ0n) is 12.0. The topological polar surface area (TPSA) is 43.8 Å². The van der Waals surface area contributed by atoms with E-state index >= 15 is 0 Å². The molecule has 2 aromatic carbocycles. The molecular formula is C17H16FN3. The highest BCUT2D eigenvalue weighted by Crippen LogP contribution is 2.25. The summed E-state index contributed by atoms with van der Waals surface area (Å²) in [6, 6.07) is 14.5. The van der Waals surface area contributed by atoms with Crippen LogP contribution >= 0.6 is 0 Å². The first kappa shape index (κ1) is 13.4. The van der Waals surface area contributed by atoms with Crippen molar-refractivity contribution < 1.29 is 4.39 Å². The lowest BCUT2D eigenvalue weighted by molar-refractivity contribution is 0.625. The van der Waals surface area contributed by atoms with Gasteiger partial charge in [0.05, 0.1) is 11.4 Å². The molecule has 0 aliphatic carbocycles. The van der Waals surface area contributed by atoms with Crippen LogP contribution in [0.1, 0.15) is 11.1 Å². The third kappa shape index (κ3) is 2.52. The van der Waals surface area contributed by atoms with E-state index in [2.05, 4.69) is 5.10 Å². The van der Waals surface area contributed by atoms with Crippen molar-refractivity contribution in [2.75, 3.05) is 5.73 Å². The van der Waals surface area contributed by atoms with Crippen LogP contribution in [-0.4, -0.2) is 9.78 Å². The van der Waals surface area contributed by atoms with E-state index in [0.29, 0.717) is 5.82 Å². The summed E-state index contributed by atoms with van der Waals surface area (Å²) < 4.78 is 14.9. The summed E-state index contributed by atoms with van der Waals surface area (Å²) in [5, 5.41) is 4.54. The van der Waals surface area contributed by atoms with E-state index in [9.17, 15) is 4.39 Å². The number of nitrogens with two attached hydrogens (primary N) is 1. The maximum atomic E-state index is 13.2. The minimum Gasteiger partial charge on any atom is -0.384 e. The second-order valence-corrected chi connectivity index (χ2v) is 5.16. The molecule has 2 N–H and O–H groups in total. The Kier molecular flexibility index (Phi) is 3.22. The summed E-state index contributed by atoms with van der Waals surface area (Å²) in [6.07, 6.45) is 0. The van der Waals surface area contributed by atoms with Crippen LogP contribution in [0.4, 0.5) is 10.2 Å². The zero-order valence-corrected chi connectivity index (χ0v) is 12.0. The number of aromatic nitrogens is 2. The minimum atomic E-state index is -0.263. The fourth-order valence-electron chi connectivity index (χ4n) is 2.31. The third-order valence-electron chi connectivity index (χ3n) is 3.47. The Balaban J connectivity index is 2.07. The maximum Gasteiger partial charge on any atom is 0.127 e. The fraction of sp³-hybridized carbons (Fsp3) is 0.118. The van der Waals surface area contributed by atoms with E-state index in [1.807, 2.05) is 44.2 Å². The van der Waals surface area contributed by atoms with Crippen LogP contribution in [0.25, 0.3) is 16.9 Å². The SMILES string of the molecule is Cc1ccc(-c2cc(N)n(-c3ccc(F)cc3C)n2)cc1. The van der Waals surface area contributed by atoms with Crippen molar-refractivity contribution in [1.29, 1.82) is 0 Å². The molecule has 0 fully saturated rings. The summed E-state index contributed by atoms with van der Waals surface area (Å²) in [7, 11) is 0. The summed E-state index contributed by atoms with van der Waals surface area (Å²) >= 11 is 0. The second-order valence-electron chi connectivity index (χ2n) is 5.16. The van der Waals surface area contributed by atoms with E-state index in [1.165, 1.54) is 17.7 Å². The first-order valence-electron chi connectivity index (χ1n) is 6.74. The Bertz CT molecular complexity index is 788. The van der Waals surface area contributed by atoms with Crippen molar-refractivity contribution in [2.45, 2.75) is 13.8 Å². The van der Waals surface area contributed by atoms with Crippen LogP contribution in [0.5, 0.6) is 0 Å². The number of anilines is 1. The largest absolute Gasteiger partial charge is 0.384 e. The first-order valence-corrected chi connectivity index (χ1v) is 6.74. The van der Waals surface area contributed by atoms with E-state index in [1.54, 1.807) is 10.7 Å². The highest BCUT2D eigenvalue weighted by atomic mass is 19.1. The Hall–Kier alpha value is -2.62. The van der Waals surface area contributed by atoms with Gasteiger partial charge in [0.25, 0.3) is 0 Å². The lowest BCUT2D eigenvalue weighted by atomic mass is 10.1. The van der Waals surface area contributed by atoms with E-state index in [-0.39, 0.29) is 5.82 Å². The summed E-state index contributed by atoms with van der Waals surface area (Å²) in [5.41, 5.74) is 10.6. The number of hydrogen-bond acceptors (Lipinski definition) is 2. The Morgan fingerprint density at radius 3 is 2.38 bits per heavy atom. The number of benzene rings is 2. The van der Waals surface area contributed by atoms with Gasteiger partial charge in [0.15, 0.2) is 0 Å². The van der Waals surface area contributed by atoms with Gasteiger partial charge in [0, 0.05) is 11.6 Å². The minimum absolute atomic E-state index is 0.263. The molecule has 3 rings (SSSR count). The molecule has 1 heterocycles. The normalized spacial score (nSPS) is 10.8. The van der Waals surface area contributed by atoms with Gasteiger partial charge in [0.2, 0.25) is 0 Å². The Morgan fingerprint density at radius 2 is 1.71 bits per heavy atom. The molecule has 0 saturated carbocycles. The van der Waals surface area contributed by atoms with Crippen LogP contribution in [0.2, 0.25) is 0 Å². The molecular weight excluding hydrogens is 265 g/mol. The number of hydrogen-bond donors (Lipinski definition) is 1. The fourth-order valence-corrected chi connectivity index (χ4v) is 2.31. The molecule has 0 amide bonds. The van der Waals surface area contributed by atoms with E-state index in [0.717, 1.165) is 22.5 Å². The van der Waals surface area contributed by atoms with Crippen molar-refractivity contribution in [3.63, 3.8) is 0 Å². The second kappa shape index (κ2) is 5.05. The Labute approximate surface area is 122 Å². The van der Waals surface area contributed by atoms with Crippen molar-refractivity contribution in [1.82, 2.24) is 9.78 Å². The highest BCUT2D eigenvalue weighted by Gasteiger charge is 2.11. The average Bonchev–Trinajstić information content (AvgIpc) is 2.81. The van der Waals surface area contributed by atoms with Crippen LogP contribution in [-0.2, 0) is 0 Å². The molecule has 3 aromatic rings. The number of nitrogens with zero attached hydrogens (tertiary/aromatic N) is 2. The Morgan fingerprint density at radius 1 is 1.00 bits per heavy atom. The smallest absolute Gasteiger partial charge is 0.127 e. The highest BCUT2D eigenvalue weighted by molar-refractivity contribution is 5.64. The predicted octanol–water partition coefficient (Wildman–Crippen LogP) is 3.88. The first-order chi connectivity index (χ1) is 10.0. The van der Waals surface area contributed by atoms with Crippen LogP contribution < -0.4 is 5.73 Å². The molecule has 0 radical (unpaired) electrons. The average molecular weight is 281 g/mol. The molecule has 0 unspecified atom stereocenters. The molecule has 3 nitrogen and oxygen atoms in total. The molecule has 0 spiro atoms. The number of halogens is 1. The maximum absolute atomic E-state index is 13.2. The van der Waals surface area contributed by atoms with Crippen LogP contribution in [0.3, 0.4) is 0 Å². The van der Waals surface area contributed by atoms with Gasteiger partial charge in [-0.05, 0) is 37.6 Å². The van der Waals surface area contributed by atoms with Gasteiger partial charge < -0.3 is 5.73 Å². The lowest BCUT2D eigenvalue weighted by Gasteiger charge is -2.07. The van der Waals surface area contributed by atoms with Crippen molar-refractivity contribution in [3.05, 3.63) is 65.5 Å². The van der Waals surface area contributed by atoms with Crippen LogP contribution in [0.15, 0.2) is 48.5 Å². The summed E-state index contributed by atoms with van der Waals surface area (Å²) in [4.78, 5) is 0. The summed E-state index contributed by atoms with van der Waals surface area (Å²) in [5.74, 6) is 0.265. The van der Waals surface area contributed by atoms with Gasteiger partial charge in [-0.1, -0.05) is 29.8 Å². The molecule has 0 bridgehead atoms. The van der Waals surface area contributed by atoms with Gasteiger partial charge in [-0.3, -0.25) is 0 Å². The molecule has 0 aliphatic heterocycles. The monoisotopic (exact) mass is 281 g/mol. The van der Waals surface area contributed by atoms with Crippen molar-refractivity contribution >= 4 is 5.82 Å². The molecule has 106 valence electrons. The van der Waals surface area contributed by atoms with E-state index in [4.69, 9.17) is 5.73 Å². The molecule has 0 aliphatic rings. The van der Waals surface area contributed by atoms with E-state index < -0.39 is 0 Å². The predicted molar refractivity (Wildman–Crippen MR) is 82.8 cm³/mol. The number of aryl methyl sites for hydroxylation is 2. The zero-order chi connectivity index (χ0) is 15.0. The molecule has 4 heteroatoms. The summed E-state index contributed by atoms with van der Waals surface area (Å²) in [6.45, 7) is 3.88. The standard InChI is InChI=1S/C17H16FN3/c1-11-3-5-13(6-4-11)15-10-17(19)21(20-15)16-8-7-14(18)9-12(16)2/h3-10H,19H2,1-2H3. The van der Waals surface area contributed by atoms with Gasteiger partial charge >= 0.3 is 0 Å².